The van der Waals surface area contributed by atoms with Crippen LogP contribution in [-0.2, 0) is 9.59 Å². The molecule has 0 aliphatic rings. The first-order valence-corrected chi connectivity index (χ1v) is 3.39. The lowest BCUT2D eigenvalue weighted by atomic mass is 10.6. The Morgan fingerprint density at radius 3 is 2.17 bits per heavy atom. The van der Waals surface area contributed by atoms with E-state index in [0.29, 0.717) is 0 Å². The average molecular weight is 174 g/mol. The zero-order valence-electron chi connectivity index (χ0n) is 7.04. The maximum absolute atomic E-state index is 9.92. The molecule has 70 valence electrons. The Morgan fingerprint density at radius 2 is 2.08 bits per heavy atom. The fraction of sp³-hybridized carbons (Fsp3) is 0.429. The number of rotatable bonds is 4. The van der Waals surface area contributed by atoms with Crippen LogP contribution in [0.2, 0.25) is 0 Å². The molecule has 0 bridgehead atoms. The van der Waals surface area contributed by atoms with Crippen molar-refractivity contribution in [2.45, 2.75) is 6.92 Å². The van der Waals surface area contributed by atoms with E-state index < -0.39 is 5.97 Å². The molecule has 0 aliphatic heterocycles. The summed E-state index contributed by atoms with van der Waals surface area (Å²) in [4.78, 5) is 19.2. The van der Waals surface area contributed by atoms with Crippen molar-refractivity contribution < 1.29 is 14.7 Å². The normalized spacial score (nSPS) is 7.75. The van der Waals surface area contributed by atoms with Crippen molar-refractivity contribution in [3.63, 3.8) is 0 Å². The third-order valence-corrected chi connectivity index (χ3v) is 0.724. The van der Waals surface area contributed by atoms with Crippen LogP contribution >= 0.6 is 0 Å². The molecule has 0 radical (unpaired) electrons. The smallest absolute Gasteiger partial charge is 0.327 e. The van der Waals surface area contributed by atoms with Crippen LogP contribution < -0.4 is 11.1 Å². The molecule has 0 saturated carbocycles. The van der Waals surface area contributed by atoms with E-state index in [2.05, 4.69) is 11.9 Å². The predicted octanol–water partition coefficient (Wildman–Crippen LogP) is -0.662. The zero-order chi connectivity index (χ0) is 9.98. The molecule has 0 aromatic rings. The summed E-state index contributed by atoms with van der Waals surface area (Å²) in [6, 6.07) is 0. The van der Waals surface area contributed by atoms with Gasteiger partial charge in [0.25, 0.3) is 0 Å². The Balaban J connectivity index is 0. The molecular formula is C7H14N2O3. The van der Waals surface area contributed by atoms with Crippen LogP contribution in [0.1, 0.15) is 6.92 Å². The lowest BCUT2D eigenvalue weighted by Gasteiger charge is -1.91. The number of likely N-dealkylation sites (N-methyl/N-ethyl adjacent to an activating group) is 1. The zero-order valence-corrected chi connectivity index (χ0v) is 7.04. The van der Waals surface area contributed by atoms with Crippen LogP contribution in [0.5, 0.6) is 0 Å². The van der Waals surface area contributed by atoms with Crippen molar-refractivity contribution in [1.82, 2.24) is 5.32 Å². The van der Waals surface area contributed by atoms with Gasteiger partial charge in [0, 0.05) is 6.08 Å². The molecule has 0 saturated heterocycles. The molecule has 0 unspecified atom stereocenters. The van der Waals surface area contributed by atoms with Crippen LogP contribution in [-0.4, -0.2) is 30.1 Å². The summed E-state index contributed by atoms with van der Waals surface area (Å²) in [6.07, 6.45) is 0.833. The summed E-state index contributed by atoms with van der Waals surface area (Å²) in [5.41, 5.74) is 4.78. The minimum atomic E-state index is -0.981. The number of primary amides is 1. The molecule has 0 aliphatic carbocycles. The summed E-state index contributed by atoms with van der Waals surface area (Å²) < 4.78 is 0. The molecule has 12 heavy (non-hydrogen) atoms. The SMILES string of the molecule is C=CC(=O)O.CCNCC(N)=O. The molecule has 5 heteroatoms. The van der Waals surface area contributed by atoms with Gasteiger partial charge in [-0.15, -0.1) is 0 Å². The Kier molecular flexibility index (Phi) is 10.6. The van der Waals surface area contributed by atoms with Crippen LogP contribution in [0.15, 0.2) is 12.7 Å². The standard InChI is InChI=1S/C4H10N2O.C3H4O2/c1-2-6-3-4(5)7;1-2-3(4)5/h6H,2-3H2,1H3,(H2,5,7);2H,1H2,(H,4,5). The summed E-state index contributed by atoms with van der Waals surface area (Å²) in [6.45, 7) is 5.96. The number of carbonyl (C=O) groups is 2. The summed E-state index contributed by atoms with van der Waals surface area (Å²) in [5, 5.41) is 10.4. The highest BCUT2D eigenvalue weighted by Crippen LogP contribution is 1.54. The van der Waals surface area contributed by atoms with E-state index in [1.165, 1.54) is 0 Å². The van der Waals surface area contributed by atoms with Crippen LogP contribution in [0.25, 0.3) is 0 Å². The van der Waals surface area contributed by atoms with E-state index >= 15 is 0 Å². The van der Waals surface area contributed by atoms with E-state index in [1.54, 1.807) is 0 Å². The van der Waals surface area contributed by atoms with Gasteiger partial charge in [-0.1, -0.05) is 13.5 Å². The Labute approximate surface area is 71.3 Å². The molecular weight excluding hydrogens is 160 g/mol. The summed E-state index contributed by atoms with van der Waals surface area (Å²) in [7, 11) is 0. The third kappa shape index (κ3) is 23.4. The number of aliphatic carboxylic acids is 1. The minimum Gasteiger partial charge on any atom is -0.478 e. The van der Waals surface area contributed by atoms with Crippen LogP contribution in [0.3, 0.4) is 0 Å². The quantitative estimate of drug-likeness (QED) is 0.493. The predicted molar refractivity (Wildman–Crippen MR) is 45.6 cm³/mol. The van der Waals surface area contributed by atoms with Gasteiger partial charge in [-0.05, 0) is 6.54 Å². The highest BCUT2D eigenvalue weighted by Gasteiger charge is 1.86. The average Bonchev–Trinajstić information content (AvgIpc) is 2.02. The third-order valence-electron chi connectivity index (χ3n) is 0.724. The van der Waals surface area contributed by atoms with Crippen molar-refractivity contribution >= 4 is 11.9 Å². The minimum absolute atomic E-state index is 0.288. The van der Waals surface area contributed by atoms with Crippen LogP contribution in [0, 0.1) is 0 Å². The Bertz CT molecular complexity index is 157. The number of nitrogens with two attached hydrogens (primary N) is 1. The van der Waals surface area contributed by atoms with E-state index in [-0.39, 0.29) is 12.5 Å². The van der Waals surface area contributed by atoms with Gasteiger partial charge in [0.05, 0.1) is 6.54 Å². The highest BCUT2D eigenvalue weighted by molar-refractivity contribution is 5.78. The Hall–Kier alpha value is -1.36. The van der Waals surface area contributed by atoms with E-state index in [1.807, 2.05) is 6.92 Å². The van der Waals surface area contributed by atoms with Crippen molar-refractivity contribution in [1.29, 1.82) is 0 Å². The lowest BCUT2D eigenvalue weighted by Crippen LogP contribution is -2.28. The monoisotopic (exact) mass is 174 g/mol. The van der Waals surface area contributed by atoms with Gasteiger partial charge < -0.3 is 16.2 Å². The first-order valence-electron chi connectivity index (χ1n) is 3.39. The summed E-state index contributed by atoms with van der Waals surface area (Å²) in [5.74, 6) is -1.29. The van der Waals surface area contributed by atoms with Crippen molar-refractivity contribution in [3.05, 3.63) is 12.7 Å². The topological polar surface area (TPSA) is 92.4 Å². The number of nitrogens with one attached hydrogen (secondary N) is 1. The number of hydrogen-bond donors (Lipinski definition) is 3. The number of hydrogen-bond acceptors (Lipinski definition) is 3. The second-order valence-electron chi connectivity index (χ2n) is 1.79. The van der Waals surface area contributed by atoms with Gasteiger partial charge in [-0.25, -0.2) is 4.79 Å². The van der Waals surface area contributed by atoms with E-state index in [0.717, 1.165) is 12.6 Å². The number of carboxylic acids is 1. The molecule has 5 nitrogen and oxygen atoms in total. The highest BCUT2D eigenvalue weighted by atomic mass is 16.4. The molecule has 0 rings (SSSR count). The van der Waals surface area contributed by atoms with Gasteiger partial charge in [-0.2, -0.15) is 0 Å². The van der Waals surface area contributed by atoms with E-state index in [9.17, 15) is 9.59 Å². The first-order chi connectivity index (χ1) is 5.54. The van der Waals surface area contributed by atoms with Crippen molar-refractivity contribution in [3.8, 4) is 0 Å². The van der Waals surface area contributed by atoms with E-state index in [4.69, 9.17) is 10.8 Å². The van der Waals surface area contributed by atoms with Gasteiger partial charge in [-0.3, -0.25) is 4.79 Å². The maximum atomic E-state index is 9.92. The Morgan fingerprint density at radius 1 is 1.67 bits per heavy atom. The first kappa shape index (κ1) is 13.2. The molecule has 0 aromatic carbocycles. The molecule has 0 spiro atoms. The summed E-state index contributed by atoms with van der Waals surface area (Å²) >= 11 is 0. The molecule has 0 atom stereocenters. The van der Waals surface area contributed by atoms with Gasteiger partial charge in [0.1, 0.15) is 0 Å². The van der Waals surface area contributed by atoms with Gasteiger partial charge in [0.2, 0.25) is 5.91 Å². The van der Waals surface area contributed by atoms with Crippen molar-refractivity contribution in [2.75, 3.05) is 13.1 Å². The molecule has 0 heterocycles. The molecule has 0 fully saturated rings. The lowest BCUT2D eigenvalue weighted by molar-refractivity contribution is -0.131. The second-order valence-corrected chi connectivity index (χ2v) is 1.79. The largest absolute Gasteiger partial charge is 0.478 e. The number of amides is 1. The van der Waals surface area contributed by atoms with Crippen molar-refractivity contribution in [2.24, 2.45) is 5.73 Å². The fourth-order valence-corrected chi connectivity index (χ4v) is 0.248. The molecule has 4 N–H and O–H groups in total. The van der Waals surface area contributed by atoms with Gasteiger partial charge >= 0.3 is 5.97 Å². The van der Waals surface area contributed by atoms with Crippen LogP contribution in [0.4, 0.5) is 0 Å². The fourth-order valence-electron chi connectivity index (χ4n) is 0.248. The molecule has 0 aromatic heterocycles. The molecule has 1 amide bonds. The number of carbonyl (C=O) groups excluding carboxylic acids is 1. The maximum Gasteiger partial charge on any atom is 0.327 e. The number of carboxylic acid groups (broad SMARTS) is 1. The second kappa shape index (κ2) is 9.64. The van der Waals surface area contributed by atoms with Gasteiger partial charge in [0.15, 0.2) is 0 Å².